The first-order chi connectivity index (χ1) is 13.3. The molecule has 152 valence electrons. The summed E-state index contributed by atoms with van der Waals surface area (Å²) in [4.78, 5) is 2.52. The number of nitrogens with zero attached hydrogens (tertiary/aromatic N) is 1. The van der Waals surface area contributed by atoms with Crippen LogP contribution in [0.2, 0.25) is 0 Å². The average molecular weight is 402 g/mol. The summed E-state index contributed by atoms with van der Waals surface area (Å²) in [5.41, 5.74) is 2.32. The number of piperidine rings is 1. The quantitative estimate of drug-likeness (QED) is 0.406. The summed E-state index contributed by atoms with van der Waals surface area (Å²) in [5.74, 6) is 0.960. The molecular weight excluding hydrogens is 370 g/mol. The predicted octanol–water partition coefficient (Wildman–Crippen LogP) is 5.55. The molecule has 0 radical (unpaired) electrons. The van der Waals surface area contributed by atoms with E-state index < -0.39 is 0 Å². The Hall–Kier alpha value is -1.81. The first-order valence-electron chi connectivity index (χ1n) is 10.1. The zero-order valence-corrected chi connectivity index (χ0v) is 17.6. The monoisotopic (exact) mass is 401 g/mol. The second kappa shape index (κ2) is 12.6. The number of hydrogen-bond acceptors (Lipinski definition) is 3. The molecule has 28 heavy (non-hydrogen) atoms. The van der Waals surface area contributed by atoms with Gasteiger partial charge in [-0.05, 0) is 50.4 Å². The van der Waals surface area contributed by atoms with Gasteiger partial charge in [0.25, 0.3) is 0 Å². The van der Waals surface area contributed by atoms with E-state index in [1.54, 1.807) is 0 Å². The highest BCUT2D eigenvalue weighted by Gasteiger charge is 2.18. The number of rotatable bonds is 9. The molecule has 1 aliphatic heterocycles. The lowest BCUT2D eigenvalue weighted by Crippen LogP contribution is -2.39. The van der Waals surface area contributed by atoms with Gasteiger partial charge < -0.3 is 14.4 Å². The maximum absolute atomic E-state index is 6.06. The molecular formula is C24H32ClNO2. The van der Waals surface area contributed by atoms with Gasteiger partial charge in [-0.3, -0.25) is 0 Å². The molecule has 0 amide bonds. The first kappa shape index (κ1) is 22.5. The first-order valence-corrected chi connectivity index (χ1v) is 10.1. The van der Waals surface area contributed by atoms with Gasteiger partial charge in [0.15, 0.2) is 0 Å². The van der Waals surface area contributed by atoms with Gasteiger partial charge in [0.2, 0.25) is 0 Å². The van der Waals surface area contributed by atoms with Gasteiger partial charge >= 0.3 is 0 Å². The summed E-state index contributed by atoms with van der Waals surface area (Å²) < 4.78 is 11.6. The Morgan fingerprint density at radius 3 is 2.61 bits per heavy atom. The van der Waals surface area contributed by atoms with E-state index in [1.807, 2.05) is 19.2 Å². The van der Waals surface area contributed by atoms with Crippen molar-refractivity contribution in [3.05, 3.63) is 65.7 Å². The molecule has 0 spiro atoms. The third-order valence-electron chi connectivity index (χ3n) is 5.10. The minimum absolute atomic E-state index is 0. The van der Waals surface area contributed by atoms with Gasteiger partial charge in [0, 0.05) is 19.2 Å². The van der Waals surface area contributed by atoms with Crippen LogP contribution in [0.3, 0.4) is 0 Å². The van der Waals surface area contributed by atoms with Crippen molar-refractivity contribution in [3.8, 4) is 5.75 Å². The van der Waals surface area contributed by atoms with Crippen LogP contribution in [0.1, 0.15) is 36.8 Å². The van der Waals surface area contributed by atoms with Crippen LogP contribution in [0.5, 0.6) is 5.75 Å². The molecule has 1 aliphatic rings. The Labute approximate surface area is 175 Å². The van der Waals surface area contributed by atoms with E-state index >= 15 is 0 Å². The van der Waals surface area contributed by atoms with E-state index in [9.17, 15) is 0 Å². The minimum Gasteiger partial charge on any atom is -0.493 e. The molecule has 4 heteroatoms. The second-order valence-electron chi connectivity index (χ2n) is 7.14. The minimum atomic E-state index is 0. The molecule has 2 aromatic carbocycles. The SMILES string of the molecule is COC1CCCN(CCCCOc2ccccc2/C=C/c2ccccc2)C1.Cl. The van der Waals surface area contributed by atoms with Crippen molar-refractivity contribution >= 4 is 24.6 Å². The van der Waals surface area contributed by atoms with Gasteiger partial charge in [-0.15, -0.1) is 12.4 Å². The van der Waals surface area contributed by atoms with Gasteiger partial charge in [-0.25, -0.2) is 0 Å². The molecule has 0 aliphatic carbocycles. The van der Waals surface area contributed by atoms with Crippen molar-refractivity contribution in [2.75, 3.05) is 33.4 Å². The van der Waals surface area contributed by atoms with Crippen LogP contribution in [-0.2, 0) is 4.74 Å². The molecule has 3 nitrogen and oxygen atoms in total. The number of ether oxygens (including phenoxy) is 2. The third kappa shape index (κ3) is 7.31. The summed E-state index contributed by atoms with van der Waals surface area (Å²) in [6.07, 6.45) is 9.36. The molecule has 1 atom stereocenters. The number of para-hydroxylation sites is 1. The number of benzene rings is 2. The van der Waals surface area contributed by atoms with Crippen molar-refractivity contribution in [2.45, 2.75) is 31.8 Å². The lowest BCUT2D eigenvalue weighted by Gasteiger charge is -2.31. The summed E-state index contributed by atoms with van der Waals surface area (Å²) >= 11 is 0. The van der Waals surface area contributed by atoms with Crippen LogP contribution in [0.25, 0.3) is 12.2 Å². The molecule has 1 fully saturated rings. The third-order valence-corrected chi connectivity index (χ3v) is 5.10. The van der Waals surface area contributed by atoms with E-state index in [0.717, 1.165) is 37.4 Å². The second-order valence-corrected chi connectivity index (χ2v) is 7.14. The lowest BCUT2D eigenvalue weighted by molar-refractivity contribution is 0.0306. The number of methoxy groups -OCH3 is 1. The summed E-state index contributed by atoms with van der Waals surface area (Å²) in [7, 11) is 1.83. The van der Waals surface area contributed by atoms with Crippen molar-refractivity contribution in [2.24, 2.45) is 0 Å². The number of hydrogen-bond donors (Lipinski definition) is 0. The summed E-state index contributed by atoms with van der Waals surface area (Å²) in [5, 5.41) is 0. The van der Waals surface area contributed by atoms with E-state index in [2.05, 4.69) is 59.5 Å². The zero-order chi connectivity index (χ0) is 18.7. The zero-order valence-electron chi connectivity index (χ0n) is 16.8. The molecule has 0 N–H and O–H groups in total. The molecule has 0 aromatic heterocycles. The highest BCUT2D eigenvalue weighted by molar-refractivity contribution is 5.85. The predicted molar refractivity (Wildman–Crippen MR) is 120 cm³/mol. The van der Waals surface area contributed by atoms with Gasteiger partial charge in [0.05, 0.1) is 12.7 Å². The van der Waals surface area contributed by atoms with Crippen LogP contribution in [0.4, 0.5) is 0 Å². The van der Waals surface area contributed by atoms with Crippen molar-refractivity contribution < 1.29 is 9.47 Å². The maximum Gasteiger partial charge on any atom is 0.126 e. The Morgan fingerprint density at radius 2 is 1.79 bits per heavy atom. The molecule has 0 saturated carbocycles. The van der Waals surface area contributed by atoms with Crippen LogP contribution in [0, 0.1) is 0 Å². The molecule has 2 aromatic rings. The Bertz CT molecular complexity index is 705. The normalized spacial score (nSPS) is 17.4. The number of likely N-dealkylation sites (tertiary alicyclic amines) is 1. The fourth-order valence-corrected chi connectivity index (χ4v) is 3.53. The van der Waals surface area contributed by atoms with Gasteiger partial charge in [0.1, 0.15) is 5.75 Å². The molecule has 1 unspecified atom stereocenters. The van der Waals surface area contributed by atoms with Crippen molar-refractivity contribution in [1.29, 1.82) is 0 Å². The van der Waals surface area contributed by atoms with Crippen molar-refractivity contribution in [1.82, 2.24) is 4.90 Å². The van der Waals surface area contributed by atoms with E-state index in [-0.39, 0.29) is 12.4 Å². The van der Waals surface area contributed by atoms with Crippen LogP contribution in [0.15, 0.2) is 54.6 Å². The van der Waals surface area contributed by atoms with Gasteiger partial charge in [-0.2, -0.15) is 0 Å². The highest BCUT2D eigenvalue weighted by atomic mass is 35.5. The van der Waals surface area contributed by atoms with Crippen molar-refractivity contribution in [3.63, 3.8) is 0 Å². The number of halogens is 1. The fourth-order valence-electron chi connectivity index (χ4n) is 3.53. The largest absolute Gasteiger partial charge is 0.493 e. The Balaban J connectivity index is 0.00000280. The van der Waals surface area contributed by atoms with E-state index in [4.69, 9.17) is 9.47 Å². The summed E-state index contributed by atoms with van der Waals surface area (Å²) in [6.45, 7) is 4.18. The Kier molecular flexibility index (Phi) is 10.1. The van der Waals surface area contributed by atoms with Crippen LogP contribution < -0.4 is 4.74 Å². The number of unbranched alkanes of at least 4 members (excludes halogenated alkanes) is 1. The fraction of sp³-hybridized carbons (Fsp3) is 0.417. The smallest absolute Gasteiger partial charge is 0.126 e. The molecule has 1 heterocycles. The Morgan fingerprint density at radius 1 is 1.00 bits per heavy atom. The topological polar surface area (TPSA) is 21.7 Å². The van der Waals surface area contributed by atoms with Gasteiger partial charge in [-0.1, -0.05) is 60.7 Å². The molecule has 3 rings (SSSR count). The van der Waals surface area contributed by atoms with Crippen LogP contribution >= 0.6 is 12.4 Å². The standard InChI is InChI=1S/C24H31NO2.ClH/c1-26-23-13-9-18-25(20-23)17-7-8-19-27-24-14-6-5-12-22(24)16-15-21-10-3-2-4-11-21;/h2-6,10-12,14-16,23H,7-9,13,17-20H2,1H3;1H/b16-15+;. The highest BCUT2D eigenvalue weighted by Crippen LogP contribution is 2.21. The van der Waals surface area contributed by atoms with Crippen LogP contribution in [-0.4, -0.2) is 44.4 Å². The molecule has 0 bridgehead atoms. The van der Waals surface area contributed by atoms with E-state index in [0.29, 0.717) is 6.10 Å². The lowest BCUT2D eigenvalue weighted by atomic mass is 10.1. The summed E-state index contributed by atoms with van der Waals surface area (Å²) in [6, 6.07) is 18.6. The van der Waals surface area contributed by atoms with E-state index in [1.165, 1.54) is 31.4 Å². The maximum atomic E-state index is 6.06. The average Bonchev–Trinajstić information content (AvgIpc) is 2.73. The molecule has 1 saturated heterocycles.